The standard InChI is InChI=1S/C26H29N3O4/c1-26(2,3)33-25(31)18-12-14-29(15-13-18)23-22(17-8-6-5-7-9-17)27-20-11-10-19(24(30)32-4)16-21(20)28-23/h5-11,16,18H,12-15H2,1-4H3. The van der Waals surface area contributed by atoms with E-state index in [1.165, 1.54) is 7.11 Å². The van der Waals surface area contributed by atoms with Crippen LogP contribution < -0.4 is 4.90 Å². The summed E-state index contributed by atoms with van der Waals surface area (Å²) < 4.78 is 10.4. The molecule has 1 aromatic heterocycles. The molecule has 0 radical (unpaired) electrons. The number of anilines is 1. The molecule has 3 aromatic rings. The topological polar surface area (TPSA) is 81.6 Å². The lowest BCUT2D eigenvalue weighted by Gasteiger charge is -2.34. The van der Waals surface area contributed by atoms with Crippen molar-refractivity contribution in [3.05, 3.63) is 54.1 Å². The maximum absolute atomic E-state index is 12.5. The molecule has 0 saturated carbocycles. The molecule has 2 heterocycles. The number of ether oxygens (including phenoxy) is 2. The maximum atomic E-state index is 12.5. The van der Waals surface area contributed by atoms with Gasteiger partial charge in [0.2, 0.25) is 0 Å². The number of esters is 2. The minimum atomic E-state index is -0.490. The van der Waals surface area contributed by atoms with Crippen molar-refractivity contribution in [2.24, 2.45) is 5.92 Å². The van der Waals surface area contributed by atoms with Gasteiger partial charge in [-0.25, -0.2) is 14.8 Å². The Hall–Kier alpha value is -3.48. The van der Waals surface area contributed by atoms with Gasteiger partial charge in [0.15, 0.2) is 5.82 Å². The number of aromatic nitrogens is 2. The average molecular weight is 448 g/mol. The fourth-order valence-electron chi connectivity index (χ4n) is 4.01. The predicted molar refractivity (Wildman–Crippen MR) is 127 cm³/mol. The van der Waals surface area contributed by atoms with Gasteiger partial charge in [0.1, 0.15) is 11.3 Å². The number of hydrogen-bond donors (Lipinski definition) is 0. The monoisotopic (exact) mass is 447 g/mol. The Morgan fingerprint density at radius 3 is 2.30 bits per heavy atom. The molecule has 1 aliphatic rings. The zero-order valence-electron chi connectivity index (χ0n) is 19.5. The first-order valence-electron chi connectivity index (χ1n) is 11.2. The van der Waals surface area contributed by atoms with Gasteiger partial charge in [-0.05, 0) is 51.8 Å². The van der Waals surface area contributed by atoms with E-state index in [2.05, 4.69) is 4.90 Å². The second-order valence-corrected chi connectivity index (χ2v) is 9.25. The quantitative estimate of drug-likeness (QED) is 0.539. The number of methoxy groups -OCH3 is 1. The number of fused-ring (bicyclic) bond motifs is 1. The number of rotatable bonds is 4. The minimum Gasteiger partial charge on any atom is -0.465 e. The predicted octanol–water partition coefficient (Wildman–Crippen LogP) is 4.64. The Bertz CT molecular complexity index is 1160. The van der Waals surface area contributed by atoms with Crippen LogP contribution in [0.3, 0.4) is 0 Å². The summed E-state index contributed by atoms with van der Waals surface area (Å²) in [7, 11) is 1.36. The van der Waals surface area contributed by atoms with Crippen LogP contribution in [0.4, 0.5) is 5.82 Å². The zero-order chi connectivity index (χ0) is 23.6. The first kappa shape index (κ1) is 22.7. The van der Waals surface area contributed by atoms with Crippen LogP contribution in [0.25, 0.3) is 22.3 Å². The van der Waals surface area contributed by atoms with Crippen LogP contribution in [-0.4, -0.2) is 47.7 Å². The first-order valence-corrected chi connectivity index (χ1v) is 11.2. The molecule has 0 amide bonds. The second kappa shape index (κ2) is 9.17. The molecule has 0 N–H and O–H groups in total. The van der Waals surface area contributed by atoms with Crippen LogP contribution in [0.1, 0.15) is 44.0 Å². The SMILES string of the molecule is COC(=O)c1ccc2nc(-c3ccccc3)c(N3CCC(C(=O)OC(C)(C)C)CC3)nc2c1. The second-order valence-electron chi connectivity index (χ2n) is 9.25. The van der Waals surface area contributed by atoms with Gasteiger partial charge >= 0.3 is 11.9 Å². The molecule has 1 saturated heterocycles. The van der Waals surface area contributed by atoms with Crippen LogP contribution in [0.2, 0.25) is 0 Å². The van der Waals surface area contributed by atoms with Crippen LogP contribution in [0.15, 0.2) is 48.5 Å². The summed E-state index contributed by atoms with van der Waals surface area (Å²) in [6.07, 6.45) is 1.37. The molecule has 172 valence electrons. The highest BCUT2D eigenvalue weighted by atomic mass is 16.6. The van der Waals surface area contributed by atoms with E-state index in [0.29, 0.717) is 42.5 Å². The van der Waals surface area contributed by atoms with Crippen LogP contribution in [0.5, 0.6) is 0 Å². The summed E-state index contributed by atoms with van der Waals surface area (Å²) in [6.45, 7) is 7.00. The fraction of sp³-hybridized carbons (Fsp3) is 0.385. The van der Waals surface area contributed by atoms with Crippen molar-refractivity contribution in [3.63, 3.8) is 0 Å². The Balaban J connectivity index is 1.68. The fourth-order valence-corrected chi connectivity index (χ4v) is 4.01. The van der Waals surface area contributed by atoms with Crippen molar-refractivity contribution >= 4 is 28.8 Å². The molecule has 0 unspecified atom stereocenters. The third kappa shape index (κ3) is 5.13. The number of carbonyl (C=O) groups is 2. The average Bonchev–Trinajstić information content (AvgIpc) is 2.82. The van der Waals surface area contributed by atoms with E-state index in [1.54, 1.807) is 18.2 Å². The van der Waals surface area contributed by atoms with Gasteiger partial charge in [-0.2, -0.15) is 0 Å². The van der Waals surface area contributed by atoms with E-state index in [-0.39, 0.29) is 11.9 Å². The molecular formula is C26H29N3O4. The molecule has 2 aromatic carbocycles. The highest BCUT2D eigenvalue weighted by Gasteiger charge is 2.30. The summed E-state index contributed by atoms with van der Waals surface area (Å²) in [4.78, 5) is 36.5. The van der Waals surface area contributed by atoms with Gasteiger partial charge in [-0.3, -0.25) is 4.79 Å². The Kier molecular flexibility index (Phi) is 6.31. The molecule has 4 rings (SSSR count). The lowest BCUT2D eigenvalue weighted by Crippen LogP contribution is -2.39. The summed E-state index contributed by atoms with van der Waals surface area (Å²) in [5.41, 5.74) is 3.02. The zero-order valence-corrected chi connectivity index (χ0v) is 19.5. The molecule has 1 fully saturated rings. The molecule has 0 bridgehead atoms. The summed E-state index contributed by atoms with van der Waals surface area (Å²) in [6, 6.07) is 15.1. The third-order valence-electron chi connectivity index (χ3n) is 5.65. The van der Waals surface area contributed by atoms with Gasteiger partial charge in [0.05, 0.1) is 29.6 Å². The highest BCUT2D eigenvalue weighted by molar-refractivity contribution is 5.94. The van der Waals surface area contributed by atoms with Crippen molar-refractivity contribution in [1.82, 2.24) is 9.97 Å². The van der Waals surface area contributed by atoms with E-state index < -0.39 is 11.6 Å². The normalized spacial score (nSPS) is 14.8. The molecule has 7 nitrogen and oxygen atoms in total. The number of piperidine rings is 1. The number of hydrogen-bond acceptors (Lipinski definition) is 7. The van der Waals surface area contributed by atoms with Crippen molar-refractivity contribution < 1.29 is 19.1 Å². The number of nitrogens with zero attached hydrogens (tertiary/aromatic N) is 3. The molecule has 7 heteroatoms. The van der Waals surface area contributed by atoms with Gasteiger partial charge in [-0.1, -0.05) is 30.3 Å². The van der Waals surface area contributed by atoms with E-state index in [4.69, 9.17) is 19.4 Å². The Labute approximate surface area is 193 Å². The number of carbonyl (C=O) groups excluding carboxylic acids is 2. The molecule has 1 aliphatic heterocycles. The molecular weight excluding hydrogens is 418 g/mol. The molecule has 0 aliphatic carbocycles. The highest BCUT2D eigenvalue weighted by Crippen LogP contribution is 2.33. The summed E-state index contributed by atoms with van der Waals surface area (Å²) in [5.74, 6) is 0.0710. The molecule has 0 spiro atoms. The Morgan fingerprint density at radius 1 is 0.970 bits per heavy atom. The van der Waals surface area contributed by atoms with Crippen molar-refractivity contribution in [2.75, 3.05) is 25.1 Å². The van der Waals surface area contributed by atoms with Gasteiger partial charge in [0, 0.05) is 18.7 Å². The van der Waals surface area contributed by atoms with Crippen LogP contribution in [0, 0.1) is 5.92 Å². The van der Waals surface area contributed by atoms with Gasteiger partial charge in [0.25, 0.3) is 0 Å². The van der Waals surface area contributed by atoms with E-state index in [9.17, 15) is 9.59 Å². The third-order valence-corrected chi connectivity index (χ3v) is 5.65. The van der Waals surface area contributed by atoms with E-state index in [1.807, 2.05) is 51.1 Å². The Morgan fingerprint density at radius 2 is 1.67 bits per heavy atom. The van der Waals surface area contributed by atoms with Crippen molar-refractivity contribution in [2.45, 2.75) is 39.2 Å². The first-order chi connectivity index (χ1) is 15.7. The molecule has 33 heavy (non-hydrogen) atoms. The minimum absolute atomic E-state index is 0.125. The summed E-state index contributed by atoms with van der Waals surface area (Å²) in [5, 5.41) is 0. The lowest BCUT2D eigenvalue weighted by molar-refractivity contribution is -0.160. The maximum Gasteiger partial charge on any atom is 0.337 e. The van der Waals surface area contributed by atoms with Gasteiger partial charge in [-0.15, -0.1) is 0 Å². The summed E-state index contributed by atoms with van der Waals surface area (Å²) >= 11 is 0. The van der Waals surface area contributed by atoms with Gasteiger partial charge < -0.3 is 14.4 Å². The van der Waals surface area contributed by atoms with Crippen LogP contribution >= 0.6 is 0 Å². The van der Waals surface area contributed by atoms with Crippen molar-refractivity contribution in [3.8, 4) is 11.3 Å². The number of benzene rings is 2. The lowest BCUT2D eigenvalue weighted by atomic mass is 9.96. The van der Waals surface area contributed by atoms with E-state index in [0.717, 1.165) is 17.1 Å². The smallest absolute Gasteiger partial charge is 0.337 e. The van der Waals surface area contributed by atoms with E-state index >= 15 is 0 Å². The van der Waals surface area contributed by atoms with Crippen molar-refractivity contribution in [1.29, 1.82) is 0 Å². The van der Waals surface area contributed by atoms with Crippen LogP contribution in [-0.2, 0) is 14.3 Å². The largest absolute Gasteiger partial charge is 0.465 e. The molecule has 0 atom stereocenters.